The Morgan fingerprint density at radius 3 is 2.44 bits per heavy atom. The number of benzene rings is 2. The van der Waals surface area contributed by atoms with E-state index in [4.69, 9.17) is 4.42 Å². The van der Waals surface area contributed by atoms with Gasteiger partial charge in [-0.2, -0.15) is 5.26 Å². The summed E-state index contributed by atoms with van der Waals surface area (Å²) in [6.45, 7) is 0. The first kappa shape index (κ1) is 17.0. The van der Waals surface area contributed by atoms with Crippen molar-refractivity contribution in [3.63, 3.8) is 0 Å². The average Bonchev–Trinajstić information content (AvgIpc) is 3.09. The molecular formula is C20H13IN2O2. The van der Waals surface area contributed by atoms with Crippen molar-refractivity contribution in [1.29, 1.82) is 5.26 Å². The van der Waals surface area contributed by atoms with Gasteiger partial charge in [0.05, 0.1) is 0 Å². The van der Waals surface area contributed by atoms with Gasteiger partial charge in [0.2, 0.25) is 0 Å². The van der Waals surface area contributed by atoms with Gasteiger partial charge in [0, 0.05) is 20.9 Å². The van der Waals surface area contributed by atoms with E-state index in [1.807, 2.05) is 54.6 Å². The first-order valence-electron chi connectivity index (χ1n) is 7.50. The van der Waals surface area contributed by atoms with Crippen molar-refractivity contribution in [1.82, 2.24) is 0 Å². The Bertz CT molecular complexity index is 951. The number of amides is 1. The van der Waals surface area contributed by atoms with E-state index in [1.165, 1.54) is 6.08 Å². The molecule has 3 aromatic rings. The average molecular weight is 440 g/mol. The number of nitrogens with one attached hydrogen (secondary N) is 1. The minimum Gasteiger partial charge on any atom is -0.457 e. The molecule has 0 spiro atoms. The van der Waals surface area contributed by atoms with E-state index in [9.17, 15) is 10.1 Å². The Balaban J connectivity index is 1.80. The lowest BCUT2D eigenvalue weighted by atomic mass is 10.2. The van der Waals surface area contributed by atoms with Crippen LogP contribution in [0.5, 0.6) is 0 Å². The fraction of sp³-hybridized carbons (Fsp3) is 0. The standard InChI is InChI=1S/C20H13IN2O2/c21-16-8-6-14(7-9-16)19-11-10-18(25-19)12-15(13-22)20(24)23-17-4-2-1-3-5-17/h1-12H,(H,23,24)/b15-12-. The van der Waals surface area contributed by atoms with Crippen LogP contribution in [0.15, 0.2) is 76.7 Å². The number of furan rings is 1. The van der Waals surface area contributed by atoms with E-state index in [0.29, 0.717) is 17.2 Å². The summed E-state index contributed by atoms with van der Waals surface area (Å²) in [5.41, 5.74) is 1.55. The fourth-order valence-corrected chi connectivity index (χ4v) is 2.57. The number of halogens is 1. The molecule has 0 unspecified atom stereocenters. The van der Waals surface area contributed by atoms with Crippen LogP contribution in [-0.2, 0) is 4.79 Å². The summed E-state index contributed by atoms with van der Waals surface area (Å²) in [6.07, 6.45) is 1.44. The molecule has 0 aliphatic heterocycles. The quantitative estimate of drug-likeness (QED) is 0.349. The number of anilines is 1. The van der Waals surface area contributed by atoms with E-state index in [2.05, 4.69) is 27.9 Å². The molecule has 3 rings (SSSR count). The smallest absolute Gasteiger partial charge is 0.266 e. The van der Waals surface area contributed by atoms with Gasteiger partial charge >= 0.3 is 0 Å². The van der Waals surface area contributed by atoms with Crippen LogP contribution in [-0.4, -0.2) is 5.91 Å². The number of carbonyl (C=O) groups excluding carboxylic acids is 1. The Hall–Kier alpha value is -2.85. The maximum Gasteiger partial charge on any atom is 0.266 e. The number of hydrogen-bond donors (Lipinski definition) is 1. The van der Waals surface area contributed by atoms with Crippen LogP contribution < -0.4 is 5.32 Å². The van der Waals surface area contributed by atoms with Crippen LogP contribution in [0.3, 0.4) is 0 Å². The van der Waals surface area contributed by atoms with E-state index in [-0.39, 0.29) is 5.57 Å². The Labute approximate surface area is 158 Å². The van der Waals surface area contributed by atoms with Crippen molar-refractivity contribution < 1.29 is 9.21 Å². The number of hydrogen-bond acceptors (Lipinski definition) is 3. The summed E-state index contributed by atoms with van der Waals surface area (Å²) in [7, 11) is 0. The Kier molecular flexibility index (Phi) is 5.31. The highest BCUT2D eigenvalue weighted by Gasteiger charge is 2.11. The predicted molar refractivity (Wildman–Crippen MR) is 106 cm³/mol. The first-order valence-corrected chi connectivity index (χ1v) is 8.57. The van der Waals surface area contributed by atoms with E-state index in [0.717, 1.165) is 9.13 Å². The number of nitrogens with zero attached hydrogens (tertiary/aromatic N) is 1. The van der Waals surface area contributed by atoms with Gasteiger partial charge < -0.3 is 9.73 Å². The Morgan fingerprint density at radius 2 is 1.76 bits per heavy atom. The monoisotopic (exact) mass is 440 g/mol. The zero-order valence-electron chi connectivity index (χ0n) is 13.1. The molecule has 5 heteroatoms. The number of para-hydroxylation sites is 1. The highest BCUT2D eigenvalue weighted by Crippen LogP contribution is 2.24. The van der Waals surface area contributed by atoms with Crippen LogP contribution in [0.25, 0.3) is 17.4 Å². The molecule has 4 nitrogen and oxygen atoms in total. The molecule has 0 aliphatic carbocycles. The van der Waals surface area contributed by atoms with Gasteiger partial charge in [-0.3, -0.25) is 4.79 Å². The molecule has 1 aromatic heterocycles. The zero-order valence-corrected chi connectivity index (χ0v) is 15.2. The second kappa shape index (κ2) is 7.81. The third-order valence-electron chi connectivity index (χ3n) is 3.44. The summed E-state index contributed by atoms with van der Waals surface area (Å²) in [4.78, 5) is 12.2. The maximum atomic E-state index is 12.2. The minimum atomic E-state index is -0.471. The highest BCUT2D eigenvalue weighted by molar-refractivity contribution is 14.1. The lowest BCUT2D eigenvalue weighted by molar-refractivity contribution is -0.112. The first-order chi connectivity index (χ1) is 12.2. The lowest BCUT2D eigenvalue weighted by Crippen LogP contribution is -2.13. The van der Waals surface area contributed by atoms with E-state index < -0.39 is 5.91 Å². The third kappa shape index (κ3) is 4.37. The summed E-state index contributed by atoms with van der Waals surface area (Å²) in [6, 6.07) is 22.4. The highest BCUT2D eigenvalue weighted by atomic mass is 127. The maximum absolute atomic E-state index is 12.2. The van der Waals surface area contributed by atoms with Crippen LogP contribution >= 0.6 is 22.6 Å². The molecule has 1 amide bonds. The SMILES string of the molecule is N#C/C(=C/c1ccc(-c2ccc(I)cc2)o1)C(=O)Nc1ccccc1. The molecule has 0 atom stereocenters. The molecule has 0 fully saturated rings. The summed E-state index contributed by atoms with van der Waals surface area (Å²) < 4.78 is 6.87. The molecule has 0 aliphatic rings. The zero-order chi connectivity index (χ0) is 17.6. The molecule has 122 valence electrons. The second-order valence-electron chi connectivity index (χ2n) is 5.20. The van der Waals surface area contributed by atoms with Crippen LogP contribution in [0.1, 0.15) is 5.76 Å². The van der Waals surface area contributed by atoms with Crippen LogP contribution in [0.2, 0.25) is 0 Å². The molecule has 0 saturated heterocycles. The van der Waals surface area contributed by atoms with Crippen molar-refractivity contribution in [3.8, 4) is 17.4 Å². The molecule has 1 N–H and O–H groups in total. The lowest BCUT2D eigenvalue weighted by Gasteiger charge is -2.03. The molecule has 2 aromatic carbocycles. The molecule has 1 heterocycles. The van der Waals surface area contributed by atoms with Gasteiger partial charge in [-0.15, -0.1) is 0 Å². The van der Waals surface area contributed by atoms with Crippen molar-refractivity contribution >= 4 is 40.3 Å². The van der Waals surface area contributed by atoms with Gasteiger partial charge in [0.15, 0.2) is 0 Å². The van der Waals surface area contributed by atoms with Gasteiger partial charge in [0.1, 0.15) is 23.2 Å². The summed E-state index contributed by atoms with van der Waals surface area (Å²) >= 11 is 2.24. The largest absolute Gasteiger partial charge is 0.457 e. The number of rotatable bonds is 4. The summed E-state index contributed by atoms with van der Waals surface area (Å²) in [5.74, 6) is 0.664. The van der Waals surface area contributed by atoms with Gasteiger partial charge in [-0.05, 0) is 59.0 Å². The topological polar surface area (TPSA) is 66.0 Å². The van der Waals surface area contributed by atoms with Crippen molar-refractivity contribution in [2.45, 2.75) is 0 Å². The van der Waals surface area contributed by atoms with Crippen molar-refractivity contribution in [3.05, 3.63) is 81.6 Å². The molecule has 25 heavy (non-hydrogen) atoms. The normalized spacial score (nSPS) is 11.0. The van der Waals surface area contributed by atoms with Crippen LogP contribution in [0.4, 0.5) is 5.69 Å². The molecule has 0 saturated carbocycles. The third-order valence-corrected chi connectivity index (χ3v) is 4.16. The number of nitriles is 1. The second-order valence-corrected chi connectivity index (χ2v) is 6.44. The molecule has 0 bridgehead atoms. The van der Waals surface area contributed by atoms with Gasteiger partial charge in [-0.1, -0.05) is 30.3 Å². The van der Waals surface area contributed by atoms with Crippen molar-refractivity contribution in [2.75, 3.05) is 5.32 Å². The van der Waals surface area contributed by atoms with Gasteiger partial charge in [-0.25, -0.2) is 0 Å². The van der Waals surface area contributed by atoms with Crippen molar-refractivity contribution in [2.24, 2.45) is 0 Å². The predicted octanol–water partition coefficient (Wildman–Crippen LogP) is 5.10. The fourth-order valence-electron chi connectivity index (χ4n) is 2.21. The summed E-state index contributed by atoms with van der Waals surface area (Å²) in [5, 5.41) is 12.0. The van der Waals surface area contributed by atoms with E-state index >= 15 is 0 Å². The van der Waals surface area contributed by atoms with E-state index in [1.54, 1.807) is 18.2 Å². The molecular weight excluding hydrogens is 427 g/mol. The number of carbonyl (C=O) groups is 1. The Morgan fingerprint density at radius 1 is 1.04 bits per heavy atom. The van der Waals surface area contributed by atoms with Gasteiger partial charge in [0.25, 0.3) is 5.91 Å². The molecule has 0 radical (unpaired) electrons. The minimum absolute atomic E-state index is 0.0210. The van der Waals surface area contributed by atoms with Crippen LogP contribution in [0, 0.1) is 14.9 Å².